The molecular weight excluding hydrogens is 286 g/mol. The van der Waals surface area contributed by atoms with Gasteiger partial charge in [0, 0.05) is 5.69 Å². The number of anilines is 2. The molecule has 8 heteroatoms. The zero-order chi connectivity index (χ0) is 15.5. The van der Waals surface area contributed by atoms with Crippen molar-refractivity contribution >= 4 is 23.5 Å². The second kappa shape index (κ2) is 5.84. The minimum Gasteiger partial charge on any atom is -0.494 e. The van der Waals surface area contributed by atoms with Gasteiger partial charge in [-0.1, -0.05) is 0 Å². The van der Waals surface area contributed by atoms with Crippen LogP contribution < -0.4 is 15.4 Å². The number of hydrogen-bond acceptors (Lipinski definition) is 6. The fourth-order valence-electron chi connectivity index (χ4n) is 2.18. The second-order valence-electron chi connectivity index (χ2n) is 4.77. The van der Waals surface area contributed by atoms with Crippen molar-refractivity contribution in [2.75, 3.05) is 17.2 Å². The number of amides is 1. The smallest absolute Gasteiger partial charge is 0.247 e. The minimum atomic E-state index is -0.671. The third kappa shape index (κ3) is 2.76. The molecule has 2 aromatic rings. The van der Waals surface area contributed by atoms with E-state index in [1.165, 1.54) is 10.9 Å². The lowest BCUT2D eigenvalue weighted by Crippen LogP contribution is -2.42. The maximum Gasteiger partial charge on any atom is 0.247 e. The molecule has 8 nitrogen and oxygen atoms in total. The first-order chi connectivity index (χ1) is 10.7. The molecule has 1 aliphatic heterocycles. The zero-order valence-corrected chi connectivity index (χ0v) is 11.9. The molecule has 0 unspecified atom stereocenters. The van der Waals surface area contributed by atoms with Crippen molar-refractivity contribution in [3.05, 3.63) is 30.6 Å². The van der Waals surface area contributed by atoms with Crippen molar-refractivity contribution < 1.29 is 14.3 Å². The number of fused-ring (bicyclic) bond motifs is 1. The van der Waals surface area contributed by atoms with Crippen LogP contribution in [0.4, 0.5) is 11.6 Å². The number of benzene rings is 1. The van der Waals surface area contributed by atoms with Gasteiger partial charge in [-0.2, -0.15) is 0 Å². The van der Waals surface area contributed by atoms with Gasteiger partial charge in [0.15, 0.2) is 0 Å². The van der Waals surface area contributed by atoms with Crippen molar-refractivity contribution in [1.82, 2.24) is 14.8 Å². The zero-order valence-electron chi connectivity index (χ0n) is 11.9. The molecule has 0 fully saturated rings. The van der Waals surface area contributed by atoms with E-state index in [-0.39, 0.29) is 24.2 Å². The van der Waals surface area contributed by atoms with E-state index in [9.17, 15) is 9.59 Å². The van der Waals surface area contributed by atoms with Gasteiger partial charge in [-0.25, -0.2) is 4.57 Å². The molecular formula is C14H15N5O3. The Bertz CT molecular complexity index is 695. The molecule has 3 rings (SSSR count). The van der Waals surface area contributed by atoms with E-state index in [0.717, 1.165) is 5.75 Å². The van der Waals surface area contributed by atoms with E-state index in [1.807, 2.05) is 6.92 Å². The monoisotopic (exact) mass is 301 g/mol. The Morgan fingerprint density at radius 3 is 2.95 bits per heavy atom. The van der Waals surface area contributed by atoms with E-state index in [4.69, 9.17) is 4.74 Å². The molecule has 2 heterocycles. The van der Waals surface area contributed by atoms with Gasteiger partial charge in [-0.15, -0.1) is 10.2 Å². The van der Waals surface area contributed by atoms with Crippen LogP contribution in [0.1, 0.15) is 18.1 Å². The summed E-state index contributed by atoms with van der Waals surface area (Å²) in [5.41, 5.74) is 0.634. The maximum atomic E-state index is 12.2. The molecule has 0 spiro atoms. The quantitative estimate of drug-likeness (QED) is 0.878. The van der Waals surface area contributed by atoms with Crippen LogP contribution in [-0.2, 0) is 4.79 Å². The highest BCUT2D eigenvalue weighted by Gasteiger charge is 2.30. The van der Waals surface area contributed by atoms with Gasteiger partial charge < -0.3 is 15.4 Å². The summed E-state index contributed by atoms with van der Waals surface area (Å²) in [6.45, 7) is 2.49. The summed E-state index contributed by atoms with van der Waals surface area (Å²) < 4.78 is 6.63. The second-order valence-corrected chi connectivity index (χ2v) is 4.77. The molecule has 2 N–H and O–H groups in total. The molecule has 114 valence electrons. The Balaban J connectivity index is 1.66. The van der Waals surface area contributed by atoms with E-state index in [0.29, 0.717) is 12.3 Å². The molecule has 0 aliphatic carbocycles. The van der Waals surface area contributed by atoms with Crippen LogP contribution >= 0.6 is 0 Å². The topological polar surface area (TPSA) is 98.1 Å². The molecule has 1 aliphatic rings. The number of ether oxygens (including phenoxy) is 1. The summed E-state index contributed by atoms with van der Waals surface area (Å²) >= 11 is 0. The average molecular weight is 301 g/mol. The Morgan fingerprint density at radius 1 is 1.45 bits per heavy atom. The van der Waals surface area contributed by atoms with Crippen molar-refractivity contribution in [3.63, 3.8) is 0 Å². The maximum absolute atomic E-state index is 12.2. The third-order valence-corrected chi connectivity index (χ3v) is 3.25. The standard InChI is InChI=1S/C14H15N5O3/c1-2-22-10-5-3-9(4-6-10)16-13(21)11-7-12(20)19-8-15-18-14(19)17-11/h3-6,8,11H,2,7H2,1H3,(H,16,21)(H,17,18)/t11-/m0/s1. The fraction of sp³-hybridized carbons (Fsp3) is 0.286. The molecule has 1 amide bonds. The SMILES string of the molecule is CCOc1ccc(NC(=O)[C@@H]2CC(=O)n3cnnc3N2)cc1. The highest BCUT2D eigenvalue weighted by atomic mass is 16.5. The number of aromatic nitrogens is 3. The first-order valence-electron chi connectivity index (χ1n) is 6.91. The first kappa shape index (κ1) is 14.1. The highest BCUT2D eigenvalue weighted by Crippen LogP contribution is 2.18. The molecule has 0 saturated carbocycles. The average Bonchev–Trinajstić information content (AvgIpc) is 2.98. The van der Waals surface area contributed by atoms with Crippen LogP contribution in [0.5, 0.6) is 5.75 Å². The van der Waals surface area contributed by atoms with Gasteiger partial charge in [0.25, 0.3) is 0 Å². The number of rotatable bonds is 4. The first-order valence-corrected chi connectivity index (χ1v) is 6.91. The van der Waals surface area contributed by atoms with Crippen LogP contribution in [0, 0.1) is 0 Å². The van der Waals surface area contributed by atoms with Gasteiger partial charge in [0.2, 0.25) is 17.8 Å². The van der Waals surface area contributed by atoms with E-state index < -0.39 is 6.04 Å². The number of hydrogen-bond donors (Lipinski definition) is 2. The van der Waals surface area contributed by atoms with Crippen LogP contribution in [0.3, 0.4) is 0 Å². The van der Waals surface area contributed by atoms with Crippen LogP contribution in [0.25, 0.3) is 0 Å². The van der Waals surface area contributed by atoms with Crippen molar-refractivity contribution in [2.45, 2.75) is 19.4 Å². The van der Waals surface area contributed by atoms with Gasteiger partial charge in [-0.3, -0.25) is 9.59 Å². The lowest BCUT2D eigenvalue weighted by Gasteiger charge is -2.22. The molecule has 1 aromatic carbocycles. The van der Waals surface area contributed by atoms with Crippen molar-refractivity contribution in [1.29, 1.82) is 0 Å². The predicted molar refractivity (Wildman–Crippen MR) is 78.9 cm³/mol. The minimum absolute atomic E-state index is 0.0495. The Hall–Kier alpha value is -2.90. The summed E-state index contributed by atoms with van der Waals surface area (Å²) in [7, 11) is 0. The van der Waals surface area contributed by atoms with Crippen LogP contribution in [-0.4, -0.2) is 39.2 Å². The van der Waals surface area contributed by atoms with Crippen molar-refractivity contribution in [3.8, 4) is 5.75 Å². The third-order valence-electron chi connectivity index (χ3n) is 3.25. The molecule has 1 aromatic heterocycles. The summed E-state index contributed by atoms with van der Waals surface area (Å²) in [6, 6.07) is 6.37. The summed E-state index contributed by atoms with van der Waals surface area (Å²) in [5, 5.41) is 13.1. The lowest BCUT2D eigenvalue weighted by atomic mass is 10.1. The molecule has 0 saturated heterocycles. The van der Waals surface area contributed by atoms with Crippen molar-refractivity contribution in [2.24, 2.45) is 0 Å². The number of carbonyl (C=O) groups excluding carboxylic acids is 2. The van der Waals surface area contributed by atoms with Gasteiger partial charge in [0.1, 0.15) is 18.1 Å². The lowest BCUT2D eigenvalue weighted by molar-refractivity contribution is -0.117. The predicted octanol–water partition coefficient (Wildman–Crippen LogP) is 1.14. The van der Waals surface area contributed by atoms with Gasteiger partial charge in [0.05, 0.1) is 13.0 Å². The number of nitrogens with zero attached hydrogens (tertiary/aromatic N) is 3. The molecule has 22 heavy (non-hydrogen) atoms. The Kier molecular flexibility index (Phi) is 3.73. The largest absolute Gasteiger partial charge is 0.494 e. The Labute approximate surface area is 126 Å². The molecule has 0 bridgehead atoms. The van der Waals surface area contributed by atoms with Gasteiger partial charge in [-0.05, 0) is 31.2 Å². The number of nitrogens with one attached hydrogen (secondary N) is 2. The summed E-state index contributed by atoms with van der Waals surface area (Å²) in [4.78, 5) is 24.1. The highest BCUT2D eigenvalue weighted by molar-refractivity contribution is 6.01. The van der Waals surface area contributed by atoms with Gasteiger partial charge >= 0.3 is 0 Å². The summed E-state index contributed by atoms with van der Waals surface area (Å²) in [5.74, 6) is 0.500. The molecule has 1 atom stereocenters. The van der Waals surface area contributed by atoms with E-state index in [1.54, 1.807) is 24.3 Å². The van der Waals surface area contributed by atoms with E-state index >= 15 is 0 Å². The van der Waals surface area contributed by atoms with E-state index in [2.05, 4.69) is 20.8 Å². The fourth-order valence-corrected chi connectivity index (χ4v) is 2.18. The summed E-state index contributed by atoms with van der Waals surface area (Å²) in [6.07, 6.45) is 1.37. The number of carbonyl (C=O) groups is 2. The molecule has 0 radical (unpaired) electrons. The van der Waals surface area contributed by atoms with Crippen LogP contribution in [0.2, 0.25) is 0 Å². The van der Waals surface area contributed by atoms with Crippen LogP contribution in [0.15, 0.2) is 30.6 Å². The normalized spacial score (nSPS) is 16.6. The Morgan fingerprint density at radius 2 is 2.23 bits per heavy atom.